The van der Waals surface area contributed by atoms with Gasteiger partial charge in [0.15, 0.2) is 6.61 Å². The van der Waals surface area contributed by atoms with Crippen LogP contribution in [0.5, 0.6) is 0 Å². The van der Waals surface area contributed by atoms with E-state index in [9.17, 15) is 18.0 Å². The molecule has 3 aromatic carbocycles. The third-order valence-electron chi connectivity index (χ3n) is 5.73. The zero-order valence-corrected chi connectivity index (χ0v) is 19.6. The monoisotopic (exact) mass is 476 g/mol. The predicted octanol–water partition coefficient (Wildman–Crippen LogP) is 3.86. The largest absolute Gasteiger partial charge is 0.457 e. The summed E-state index contributed by atoms with van der Waals surface area (Å²) in [6.45, 7) is 3.26. The Labute approximate surface area is 197 Å². The minimum Gasteiger partial charge on any atom is -0.457 e. The number of ether oxygens (including phenoxy) is 1. The molecular formula is C26H24N2O5S. The minimum absolute atomic E-state index is 0.00752. The van der Waals surface area contributed by atoms with Crippen LogP contribution in [0.2, 0.25) is 0 Å². The van der Waals surface area contributed by atoms with Crippen molar-refractivity contribution in [2.24, 2.45) is 5.14 Å². The van der Waals surface area contributed by atoms with E-state index in [2.05, 4.69) is 0 Å². The van der Waals surface area contributed by atoms with Crippen LogP contribution in [0.25, 0.3) is 16.5 Å². The first kappa shape index (κ1) is 23.4. The quantitative estimate of drug-likeness (QED) is 0.322. The summed E-state index contributed by atoms with van der Waals surface area (Å²) in [6.07, 6.45) is 0.0735. The topological polar surface area (TPSA) is 108 Å². The summed E-state index contributed by atoms with van der Waals surface area (Å²) in [5, 5.41) is 7.17. The Bertz CT molecular complexity index is 1500. The lowest BCUT2D eigenvalue weighted by molar-refractivity contribution is -0.141. The van der Waals surface area contributed by atoms with Gasteiger partial charge in [0.25, 0.3) is 0 Å². The molecule has 1 heterocycles. The summed E-state index contributed by atoms with van der Waals surface area (Å²) in [6, 6.07) is 21.3. The fourth-order valence-electron chi connectivity index (χ4n) is 4.10. The van der Waals surface area contributed by atoms with Crippen LogP contribution in [0.1, 0.15) is 27.3 Å². The normalized spacial score (nSPS) is 11.5. The molecule has 1 aromatic heterocycles. The van der Waals surface area contributed by atoms with E-state index in [0.717, 1.165) is 22.0 Å². The second kappa shape index (κ2) is 9.24. The molecule has 7 nitrogen and oxygen atoms in total. The third-order valence-corrected chi connectivity index (χ3v) is 6.66. The van der Waals surface area contributed by atoms with Crippen molar-refractivity contribution in [3.05, 3.63) is 95.3 Å². The zero-order chi connectivity index (χ0) is 24.5. The highest BCUT2D eigenvalue weighted by atomic mass is 32.2. The Morgan fingerprint density at radius 1 is 0.941 bits per heavy atom. The van der Waals surface area contributed by atoms with Crippen molar-refractivity contribution in [3.8, 4) is 5.69 Å². The number of hydrogen-bond donors (Lipinski definition) is 1. The standard InChI is InChI=1S/C26H24N2O5S/c1-17-14-24(18(2)28(17)21-10-12-22(13-11-21)34(27,31)32)25(29)16-33-26(30)15-20-8-5-7-19-6-3-4-9-23(19)20/h3-14H,15-16H2,1-2H3,(H2,27,31,32). The molecule has 2 N–H and O–H groups in total. The van der Waals surface area contributed by atoms with Crippen molar-refractivity contribution in [1.82, 2.24) is 4.57 Å². The summed E-state index contributed by atoms with van der Waals surface area (Å²) in [5.74, 6) is -0.788. The van der Waals surface area contributed by atoms with Crippen molar-refractivity contribution < 1.29 is 22.7 Å². The first-order valence-electron chi connectivity index (χ1n) is 10.6. The molecule has 0 saturated heterocycles. The lowest BCUT2D eigenvalue weighted by atomic mass is 10.0. The van der Waals surface area contributed by atoms with Gasteiger partial charge in [-0.3, -0.25) is 9.59 Å². The number of ketones is 1. The molecule has 4 rings (SSSR count). The van der Waals surface area contributed by atoms with Crippen LogP contribution in [-0.2, 0) is 26.0 Å². The molecule has 0 atom stereocenters. The average molecular weight is 477 g/mol. The van der Waals surface area contributed by atoms with E-state index in [1.807, 2.05) is 54.0 Å². The van der Waals surface area contributed by atoms with E-state index >= 15 is 0 Å². The lowest BCUT2D eigenvalue weighted by Gasteiger charge is -2.11. The van der Waals surface area contributed by atoms with Crippen molar-refractivity contribution >= 4 is 32.5 Å². The van der Waals surface area contributed by atoms with E-state index < -0.39 is 16.0 Å². The molecule has 0 fully saturated rings. The summed E-state index contributed by atoms with van der Waals surface area (Å²) >= 11 is 0. The van der Waals surface area contributed by atoms with E-state index in [1.54, 1.807) is 25.1 Å². The molecule has 8 heteroatoms. The van der Waals surface area contributed by atoms with Crippen LogP contribution >= 0.6 is 0 Å². The van der Waals surface area contributed by atoms with Crippen LogP contribution in [0, 0.1) is 13.8 Å². The van der Waals surface area contributed by atoms with Crippen LogP contribution in [-0.4, -0.2) is 31.3 Å². The number of nitrogens with zero attached hydrogens (tertiary/aromatic N) is 1. The Morgan fingerprint density at radius 2 is 1.62 bits per heavy atom. The van der Waals surface area contributed by atoms with Gasteiger partial charge in [0, 0.05) is 22.6 Å². The highest BCUT2D eigenvalue weighted by Gasteiger charge is 2.19. The third kappa shape index (κ3) is 4.78. The number of nitrogens with two attached hydrogens (primary N) is 1. The van der Waals surface area contributed by atoms with Crippen molar-refractivity contribution in [2.45, 2.75) is 25.2 Å². The molecule has 0 unspecified atom stereocenters. The molecule has 0 aliphatic heterocycles. The number of aryl methyl sites for hydroxylation is 1. The number of hydrogen-bond acceptors (Lipinski definition) is 5. The second-order valence-corrected chi connectivity index (χ2v) is 9.62. The fourth-order valence-corrected chi connectivity index (χ4v) is 4.62. The van der Waals surface area contributed by atoms with Gasteiger partial charge in [0.2, 0.25) is 15.8 Å². The summed E-state index contributed by atoms with van der Waals surface area (Å²) in [4.78, 5) is 25.3. The predicted molar refractivity (Wildman–Crippen MR) is 130 cm³/mol. The van der Waals surface area contributed by atoms with Gasteiger partial charge >= 0.3 is 5.97 Å². The van der Waals surface area contributed by atoms with E-state index in [0.29, 0.717) is 16.9 Å². The van der Waals surface area contributed by atoms with E-state index in [4.69, 9.17) is 9.88 Å². The molecule has 0 amide bonds. The molecular weight excluding hydrogens is 452 g/mol. The van der Waals surface area contributed by atoms with Gasteiger partial charge in [0.05, 0.1) is 11.3 Å². The van der Waals surface area contributed by atoms with Gasteiger partial charge < -0.3 is 9.30 Å². The van der Waals surface area contributed by atoms with Crippen molar-refractivity contribution in [3.63, 3.8) is 0 Å². The van der Waals surface area contributed by atoms with Crippen molar-refractivity contribution in [1.29, 1.82) is 0 Å². The highest BCUT2D eigenvalue weighted by Crippen LogP contribution is 2.23. The molecule has 0 bridgehead atoms. The van der Waals surface area contributed by atoms with Gasteiger partial charge in [-0.1, -0.05) is 42.5 Å². The Hall–Kier alpha value is -3.75. The van der Waals surface area contributed by atoms with Crippen LogP contribution < -0.4 is 5.14 Å². The molecule has 0 aliphatic carbocycles. The number of sulfonamides is 1. The van der Waals surface area contributed by atoms with Gasteiger partial charge in [-0.25, -0.2) is 13.6 Å². The molecule has 0 saturated carbocycles. The summed E-state index contributed by atoms with van der Waals surface area (Å²) in [7, 11) is -3.79. The number of fused-ring (bicyclic) bond motifs is 1. The Balaban J connectivity index is 1.47. The minimum atomic E-state index is -3.79. The molecule has 34 heavy (non-hydrogen) atoms. The fraction of sp³-hybridized carbons (Fsp3) is 0.154. The van der Waals surface area contributed by atoms with Gasteiger partial charge in [-0.15, -0.1) is 0 Å². The first-order valence-corrected chi connectivity index (χ1v) is 12.2. The Morgan fingerprint density at radius 3 is 2.32 bits per heavy atom. The maximum atomic E-state index is 12.8. The number of carbonyl (C=O) groups is 2. The molecule has 0 spiro atoms. The lowest BCUT2D eigenvalue weighted by Crippen LogP contribution is -2.16. The van der Waals surface area contributed by atoms with Crippen LogP contribution in [0.15, 0.2) is 77.7 Å². The molecule has 174 valence electrons. The number of benzene rings is 3. The number of carbonyl (C=O) groups excluding carboxylic acids is 2. The van der Waals surface area contributed by atoms with Crippen LogP contribution in [0.3, 0.4) is 0 Å². The van der Waals surface area contributed by atoms with E-state index in [1.165, 1.54) is 12.1 Å². The average Bonchev–Trinajstić information content (AvgIpc) is 3.11. The Kier molecular flexibility index (Phi) is 6.37. The number of rotatable bonds is 7. The SMILES string of the molecule is Cc1cc(C(=O)COC(=O)Cc2cccc3ccccc23)c(C)n1-c1ccc(S(N)(=O)=O)cc1. The van der Waals surface area contributed by atoms with Gasteiger partial charge in [-0.05, 0) is 60.5 Å². The zero-order valence-electron chi connectivity index (χ0n) is 18.8. The molecule has 0 aliphatic rings. The van der Waals surface area contributed by atoms with Gasteiger partial charge in [0.1, 0.15) is 0 Å². The number of Topliss-reactive ketones (excluding diaryl/α,β-unsaturated/α-hetero) is 1. The smallest absolute Gasteiger partial charge is 0.310 e. The molecule has 0 radical (unpaired) electrons. The maximum Gasteiger partial charge on any atom is 0.310 e. The number of esters is 1. The maximum absolute atomic E-state index is 12.8. The molecule has 4 aromatic rings. The highest BCUT2D eigenvalue weighted by molar-refractivity contribution is 7.89. The number of primary sulfonamides is 1. The summed E-state index contributed by atoms with van der Waals surface area (Å²) < 4.78 is 30.1. The summed E-state index contributed by atoms with van der Waals surface area (Å²) in [5.41, 5.74) is 3.42. The first-order chi connectivity index (χ1) is 16.1. The van der Waals surface area contributed by atoms with E-state index in [-0.39, 0.29) is 23.7 Å². The second-order valence-electron chi connectivity index (χ2n) is 8.06. The van der Waals surface area contributed by atoms with Crippen molar-refractivity contribution in [2.75, 3.05) is 6.61 Å². The van der Waals surface area contributed by atoms with Crippen LogP contribution in [0.4, 0.5) is 0 Å². The number of aromatic nitrogens is 1. The van der Waals surface area contributed by atoms with Gasteiger partial charge in [-0.2, -0.15) is 0 Å².